The lowest BCUT2D eigenvalue weighted by atomic mass is 10.2. The van der Waals surface area contributed by atoms with Crippen molar-refractivity contribution in [3.05, 3.63) is 39.0 Å². The molecule has 2 aromatic rings. The molecule has 2 rings (SSSR count). The van der Waals surface area contributed by atoms with Gasteiger partial charge in [-0.3, -0.25) is 0 Å². The van der Waals surface area contributed by atoms with Crippen LogP contribution in [0.1, 0.15) is 16.8 Å². The van der Waals surface area contributed by atoms with Crippen LogP contribution in [0, 0.1) is 23.7 Å². The number of alkyl halides is 3. The van der Waals surface area contributed by atoms with Gasteiger partial charge in [0.15, 0.2) is 5.69 Å². The minimum absolute atomic E-state index is 0.00883. The lowest BCUT2D eigenvalue weighted by Crippen LogP contribution is -2.08. The molecule has 0 unspecified atom stereocenters. The van der Waals surface area contributed by atoms with Gasteiger partial charge in [-0.15, -0.1) is 6.42 Å². The lowest BCUT2D eigenvalue weighted by molar-refractivity contribution is -0.137. The van der Waals surface area contributed by atoms with Crippen LogP contribution in [0.15, 0.2) is 12.1 Å². The van der Waals surface area contributed by atoms with Crippen LogP contribution in [0.5, 0.6) is 0 Å². The van der Waals surface area contributed by atoms with Gasteiger partial charge in [0.2, 0.25) is 0 Å². The van der Waals surface area contributed by atoms with Crippen molar-refractivity contribution in [1.82, 2.24) is 9.78 Å². The fourth-order valence-corrected chi connectivity index (χ4v) is 2.40. The SMILES string of the molecule is C#Cc1c(C#N)nn(-c2c(Cl)cc(C(F)(F)F)cc2Cl)c1N. The van der Waals surface area contributed by atoms with Gasteiger partial charge in [0.25, 0.3) is 0 Å². The van der Waals surface area contributed by atoms with Crippen molar-refractivity contribution in [2.24, 2.45) is 0 Å². The van der Waals surface area contributed by atoms with Gasteiger partial charge in [0.05, 0.1) is 15.6 Å². The molecule has 1 aromatic heterocycles. The topological polar surface area (TPSA) is 67.6 Å². The second kappa shape index (κ2) is 5.45. The Morgan fingerprint density at radius 2 is 1.82 bits per heavy atom. The smallest absolute Gasteiger partial charge is 0.383 e. The number of aromatic nitrogens is 2. The number of nitrogens with two attached hydrogens (primary N) is 1. The quantitative estimate of drug-likeness (QED) is 0.803. The number of nitrogens with zero attached hydrogens (tertiary/aromatic N) is 3. The summed E-state index contributed by atoms with van der Waals surface area (Å²) in [6.07, 6.45) is 0.619. The van der Waals surface area contributed by atoms with E-state index in [2.05, 4.69) is 11.0 Å². The number of hydrogen-bond acceptors (Lipinski definition) is 3. The summed E-state index contributed by atoms with van der Waals surface area (Å²) in [6.45, 7) is 0. The minimum atomic E-state index is -4.61. The van der Waals surface area contributed by atoms with E-state index in [0.29, 0.717) is 12.1 Å². The highest BCUT2D eigenvalue weighted by atomic mass is 35.5. The summed E-state index contributed by atoms with van der Waals surface area (Å²) in [5, 5.41) is 12.1. The summed E-state index contributed by atoms with van der Waals surface area (Å²) in [7, 11) is 0. The molecule has 0 saturated heterocycles. The standard InChI is InChI=1S/C13H5Cl2F3N4/c1-2-7-10(5-19)21-22(12(7)20)11-8(14)3-6(4-9(11)15)13(16,17)18/h1,3-4H,20H2. The Bertz CT molecular complexity index is 818. The van der Waals surface area contributed by atoms with Gasteiger partial charge in [0.1, 0.15) is 23.1 Å². The first-order valence-electron chi connectivity index (χ1n) is 5.52. The van der Waals surface area contributed by atoms with Crippen molar-refractivity contribution in [3.63, 3.8) is 0 Å². The molecular formula is C13H5Cl2F3N4. The predicted molar refractivity (Wildman–Crippen MR) is 75.6 cm³/mol. The van der Waals surface area contributed by atoms with E-state index in [0.717, 1.165) is 4.68 Å². The number of anilines is 1. The Labute approximate surface area is 132 Å². The highest BCUT2D eigenvalue weighted by Gasteiger charge is 2.32. The van der Waals surface area contributed by atoms with Gasteiger partial charge < -0.3 is 5.73 Å². The number of halogens is 5. The Morgan fingerprint density at radius 3 is 2.18 bits per heavy atom. The van der Waals surface area contributed by atoms with Crippen LogP contribution < -0.4 is 5.73 Å². The summed E-state index contributed by atoms with van der Waals surface area (Å²) in [4.78, 5) is 0. The molecular weight excluding hydrogens is 340 g/mol. The van der Waals surface area contributed by atoms with Crippen LogP contribution in [0.3, 0.4) is 0 Å². The molecule has 2 N–H and O–H groups in total. The van der Waals surface area contributed by atoms with Gasteiger partial charge in [0, 0.05) is 0 Å². The number of terminal acetylenes is 1. The van der Waals surface area contributed by atoms with Crippen molar-refractivity contribution < 1.29 is 13.2 Å². The monoisotopic (exact) mass is 344 g/mol. The van der Waals surface area contributed by atoms with E-state index >= 15 is 0 Å². The zero-order valence-corrected chi connectivity index (χ0v) is 12.1. The van der Waals surface area contributed by atoms with E-state index in [4.69, 9.17) is 40.6 Å². The maximum atomic E-state index is 12.7. The number of rotatable bonds is 1. The largest absolute Gasteiger partial charge is 0.416 e. The van der Waals surface area contributed by atoms with Crippen molar-refractivity contribution in [2.45, 2.75) is 6.18 Å². The maximum absolute atomic E-state index is 12.7. The summed E-state index contributed by atoms with van der Waals surface area (Å²) in [5.74, 6) is 2.06. The summed E-state index contributed by atoms with van der Waals surface area (Å²) < 4.78 is 39.1. The highest BCUT2D eigenvalue weighted by molar-refractivity contribution is 6.38. The van der Waals surface area contributed by atoms with E-state index in [9.17, 15) is 13.2 Å². The fraction of sp³-hybridized carbons (Fsp3) is 0.0769. The van der Waals surface area contributed by atoms with E-state index in [1.807, 2.05) is 0 Å². The molecule has 22 heavy (non-hydrogen) atoms. The molecule has 4 nitrogen and oxygen atoms in total. The van der Waals surface area contributed by atoms with Crippen molar-refractivity contribution in [3.8, 4) is 24.1 Å². The Morgan fingerprint density at radius 1 is 1.27 bits per heavy atom. The molecule has 0 amide bonds. The highest BCUT2D eigenvalue weighted by Crippen LogP contribution is 2.38. The molecule has 112 valence electrons. The Balaban J connectivity index is 2.73. The molecule has 0 radical (unpaired) electrons. The first kappa shape index (κ1) is 16.0. The molecule has 0 atom stereocenters. The molecule has 0 fully saturated rings. The number of nitrogen functional groups attached to an aromatic ring is 1. The molecule has 0 aliphatic carbocycles. The average molecular weight is 345 g/mol. The molecule has 0 bridgehead atoms. The molecule has 0 aliphatic rings. The third-order valence-corrected chi connectivity index (χ3v) is 3.30. The molecule has 1 heterocycles. The van der Waals surface area contributed by atoms with Crippen LogP contribution in [0.4, 0.5) is 19.0 Å². The van der Waals surface area contributed by atoms with Crippen LogP contribution in [-0.2, 0) is 6.18 Å². The van der Waals surface area contributed by atoms with Gasteiger partial charge in [-0.1, -0.05) is 29.1 Å². The van der Waals surface area contributed by atoms with E-state index < -0.39 is 11.7 Å². The van der Waals surface area contributed by atoms with Crippen molar-refractivity contribution >= 4 is 29.0 Å². The van der Waals surface area contributed by atoms with Crippen LogP contribution in [0.2, 0.25) is 10.0 Å². The fourth-order valence-electron chi connectivity index (χ4n) is 1.75. The first-order valence-corrected chi connectivity index (χ1v) is 6.28. The summed E-state index contributed by atoms with van der Waals surface area (Å²) in [5.41, 5.74) is 4.49. The van der Waals surface area contributed by atoms with Crippen molar-refractivity contribution in [2.75, 3.05) is 5.73 Å². The number of hydrogen-bond donors (Lipinski definition) is 1. The Kier molecular flexibility index (Phi) is 3.97. The van der Waals surface area contributed by atoms with Crippen molar-refractivity contribution in [1.29, 1.82) is 5.26 Å². The maximum Gasteiger partial charge on any atom is 0.416 e. The lowest BCUT2D eigenvalue weighted by Gasteiger charge is -2.13. The third-order valence-electron chi connectivity index (χ3n) is 2.73. The molecule has 9 heteroatoms. The van der Waals surface area contributed by atoms with Gasteiger partial charge in [-0.25, -0.2) is 4.68 Å². The second-order valence-corrected chi connectivity index (χ2v) is 4.88. The predicted octanol–water partition coefficient (Wildman–Crippen LogP) is 3.63. The third kappa shape index (κ3) is 2.57. The minimum Gasteiger partial charge on any atom is -0.383 e. The molecule has 0 saturated carbocycles. The zero-order valence-electron chi connectivity index (χ0n) is 10.5. The Hall–Kier alpha value is -2.35. The van der Waals surface area contributed by atoms with E-state index in [-0.39, 0.29) is 32.8 Å². The van der Waals surface area contributed by atoms with Crippen LogP contribution in [-0.4, -0.2) is 9.78 Å². The zero-order chi connectivity index (χ0) is 16.7. The normalized spacial score (nSPS) is 11.0. The first-order chi connectivity index (χ1) is 10.2. The average Bonchev–Trinajstić information content (AvgIpc) is 2.73. The number of nitriles is 1. The summed E-state index contributed by atoms with van der Waals surface area (Å²) >= 11 is 11.7. The van der Waals surface area contributed by atoms with Crippen LogP contribution >= 0.6 is 23.2 Å². The molecule has 0 spiro atoms. The second-order valence-electron chi connectivity index (χ2n) is 4.06. The number of benzene rings is 1. The summed E-state index contributed by atoms with van der Waals surface area (Å²) in [6, 6.07) is 3.10. The van der Waals surface area contributed by atoms with Gasteiger partial charge >= 0.3 is 6.18 Å². The van der Waals surface area contributed by atoms with E-state index in [1.165, 1.54) is 0 Å². The van der Waals surface area contributed by atoms with E-state index in [1.54, 1.807) is 6.07 Å². The van der Waals surface area contributed by atoms with Gasteiger partial charge in [-0.2, -0.15) is 23.5 Å². The van der Waals surface area contributed by atoms with Gasteiger partial charge in [-0.05, 0) is 12.1 Å². The molecule has 0 aliphatic heterocycles. The molecule has 1 aromatic carbocycles. The van der Waals surface area contributed by atoms with Crippen LogP contribution in [0.25, 0.3) is 5.69 Å².